The van der Waals surface area contributed by atoms with Crippen molar-refractivity contribution in [3.8, 4) is 0 Å². The molecule has 0 aromatic rings. The first-order valence-corrected chi connectivity index (χ1v) is 4.61. The second kappa shape index (κ2) is 3.75. The van der Waals surface area contributed by atoms with Crippen molar-refractivity contribution in [2.45, 2.75) is 33.6 Å². The van der Waals surface area contributed by atoms with Gasteiger partial charge < -0.3 is 0 Å². The van der Waals surface area contributed by atoms with Gasteiger partial charge in [0, 0.05) is 0 Å². The number of allylic oxidation sites excluding steroid dienone is 4. The fourth-order valence-corrected chi connectivity index (χ4v) is 1.77. The van der Waals surface area contributed by atoms with Gasteiger partial charge in [-0.25, -0.2) is 0 Å². The molecule has 0 spiro atoms. The molecule has 0 fully saturated rings. The molecule has 1 aliphatic rings. The Kier molecular flexibility index (Phi) is 2.92. The van der Waals surface area contributed by atoms with Gasteiger partial charge in [0.15, 0.2) is 0 Å². The summed E-state index contributed by atoms with van der Waals surface area (Å²) in [5.41, 5.74) is 1.63. The Labute approximate surface area is 70.0 Å². The second-order valence-electron chi connectivity index (χ2n) is 3.61. The first-order chi connectivity index (χ1) is 5.25. The smallest absolute Gasteiger partial charge is 0.0142 e. The van der Waals surface area contributed by atoms with Crippen LogP contribution in [0.1, 0.15) is 33.6 Å². The molecular formula is C11H18. The third-order valence-electron chi connectivity index (χ3n) is 2.53. The third-order valence-corrected chi connectivity index (χ3v) is 2.53. The highest BCUT2D eigenvalue weighted by Crippen LogP contribution is 2.29. The molecule has 0 bridgehead atoms. The Morgan fingerprint density at radius 1 is 1.55 bits per heavy atom. The van der Waals surface area contributed by atoms with Crippen molar-refractivity contribution in [3.05, 3.63) is 23.8 Å². The Balaban J connectivity index is 2.67. The van der Waals surface area contributed by atoms with Crippen LogP contribution < -0.4 is 0 Å². The average Bonchev–Trinajstić information content (AvgIpc) is 2.04. The lowest BCUT2D eigenvalue weighted by Gasteiger charge is -2.24. The summed E-state index contributed by atoms with van der Waals surface area (Å²) in [5, 5.41) is 0. The maximum Gasteiger partial charge on any atom is -0.0142 e. The molecule has 0 N–H and O–H groups in total. The molecule has 0 aromatic heterocycles. The van der Waals surface area contributed by atoms with E-state index in [1.165, 1.54) is 12.8 Å². The zero-order valence-electron chi connectivity index (χ0n) is 7.80. The van der Waals surface area contributed by atoms with Gasteiger partial charge in [0.1, 0.15) is 0 Å². The molecular weight excluding hydrogens is 132 g/mol. The quantitative estimate of drug-likeness (QED) is 0.564. The minimum absolute atomic E-state index is 0.797. The van der Waals surface area contributed by atoms with Crippen LogP contribution in [0.5, 0.6) is 0 Å². The predicted molar refractivity (Wildman–Crippen MR) is 50.5 cm³/mol. The minimum Gasteiger partial charge on any atom is -0.0839 e. The van der Waals surface area contributed by atoms with E-state index < -0.39 is 0 Å². The Hall–Kier alpha value is -0.520. The largest absolute Gasteiger partial charge is 0.0839 e. The first kappa shape index (κ1) is 8.58. The van der Waals surface area contributed by atoms with Crippen molar-refractivity contribution in [1.29, 1.82) is 0 Å². The summed E-state index contributed by atoms with van der Waals surface area (Å²) in [6.07, 6.45) is 9.22. The summed E-state index contributed by atoms with van der Waals surface area (Å²) in [5.74, 6) is 1.61. The van der Waals surface area contributed by atoms with Crippen LogP contribution in [-0.4, -0.2) is 0 Å². The van der Waals surface area contributed by atoms with Crippen molar-refractivity contribution in [1.82, 2.24) is 0 Å². The van der Waals surface area contributed by atoms with E-state index >= 15 is 0 Å². The highest BCUT2D eigenvalue weighted by molar-refractivity contribution is 5.21. The highest BCUT2D eigenvalue weighted by Gasteiger charge is 2.16. The molecule has 0 heteroatoms. The van der Waals surface area contributed by atoms with Crippen molar-refractivity contribution < 1.29 is 0 Å². The maximum atomic E-state index is 2.31. The predicted octanol–water partition coefficient (Wildman–Crippen LogP) is 3.55. The van der Waals surface area contributed by atoms with E-state index in [4.69, 9.17) is 0 Å². The molecule has 0 aromatic carbocycles. The van der Waals surface area contributed by atoms with Crippen LogP contribution in [0.4, 0.5) is 0 Å². The lowest BCUT2D eigenvalue weighted by Crippen LogP contribution is -2.12. The Bertz CT molecular complexity index is 172. The Morgan fingerprint density at radius 3 is 2.73 bits per heavy atom. The Morgan fingerprint density at radius 2 is 2.27 bits per heavy atom. The van der Waals surface area contributed by atoms with E-state index in [1.54, 1.807) is 5.57 Å². The van der Waals surface area contributed by atoms with Crippen LogP contribution in [0.2, 0.25) is 0 Å². The SMILES string of the molecule is CCC1=CC=CCC1C(C)C. The van der Waals surface area contributed by atoms with Gasteiger partial charge in [-0.2, -0.15) is 0 Å². The molecule has 0 heterocycles. The van der Waals surface area contributed by atoms with Crippen molar-refractivity contribution in [2.75, 3.05) is 0 Å². The van der Waals surface area contributed by atoms with Crippen molar-refractivity contribution >= 4 is 0 Å². The molecule has 0 radical (unpaired) electrons. The van der Waals surface area contributed by atoms with Gasteiger partial charge in [0.05, 0.1) is 0 Å². The molecule has 0 saturated carbocycles. The normalized spacial score (nSPS) is 24.0. The number of rotatable bonds is 2. The summed E-state index contributed by atoms with van der Waals surface area (Å²) < 4.78 is 0. The van der Waals surface area contributed by atoms with Crippen LogP contribution in [0.25, 0.3) is 0 Å². The number of hydrogen-bond donors (Lipinski definition) is 0. The lowest BCUT2D eigenvalue weighted by molar-refractivity contribution is 0.435. The summed E-state index contributed by atoms with van der Waals surface area (Å²) in [6, 6.07) is 0. The fraction of sp³-hybridized carbons (Fsp3) is 0.636. The summed E-state index contributed by atoms with van der Waals surface area (Å²) in [6.45, 7) is 6.88. The van der Waals surface area contributed by atoms with Crippen molar-refractivity contribution in [2.24, 2.45) is 11.8 Å². The van der Waals surface area contributed by atoms with Gasteiger partial charge in [-0.3, -0.25) is 0 Å². The number of hydrogen-bond acceptors (Lipinski definition) is 0. The van der Waals surface area contributed by atoms with Crippen LogP contribution in [-0.2, 0) is 0 Å². The molecule has 62 valence electrons. The van der Waals surface area contributed by atoms with Gasteiger partial charge in [-0.1, -0.05) is 44.6 Å². The van der Waals surface area contributed by atoms with E-state index in [9.17, 15) is 0 Å². The van der Waals surface area contributed by atoms with Crippen LogP contribution >= 0.6 is 0 Å². The van der Waals surface area contributed by atoms with E-state index in [-0.39, 0.29) is 0 Å². The first-order valence-electron chi connectivity index (χ1n) is 4.61. The maximum absolute atomic E-state index is 2.31. The molecule has 11 heavy (non-hydrogen) atoms. The molecule has 1 rings (SSSR count). The summed E-state index contributed by atoms with van der Waals surface area (Å²) >= 11 is 0. The summed E-state index contributed by atoms with van der Waals surface area (Å²) in [7, 11) is 0. The molecule has 0 aliphatic heterocycles. The van der Waals surface area contributed by atoms with Gasteiger partial charge in [-0.05, 0) is 24.7 Å². The fourth-order valence-electron chi connectivity index (χ4n) is 1.77. The minimum atomic E-state index is 0.797. The van der Waals surface area contributed by atoms with E-state index in [0.29, 0.717) is 0 Å². The topological polar surface area (TPSA) is 0 Å². The molecule has 0 saturated heterocycles. The molecule has 1 aliphatic carbocycles. The lowest BCUT2D eigenvalue weighted by atomic mass is 9.82. The van der Waals surface area contributed by atoms with E-state index in [1.807, 2.05) is 0 Å². The molecule has 0 amide bonds. The van der Waals surface area contributed by atoms with Gasteiger partial charge in [-0.15, -0.1) is 0 Å². The molecule has 0 nitrogen and oxygen atoms in total. The second-order valence-corrected chi connectivity index (χ2v) is 3.61. The molecule has 1 unspecified atom stereocenters. The van der Waals surface area contributed by atoms with Crippen molar-refractivity contribution in [3.63, 3.8) is 0 Å². The zero-order valence-corrected chi connectivity index (χ0v) is 7.80. The van der Waals surface area contributed by atoms with Gasteiger partial charge >= 0.3 is 0 Å². The zero-order chi connectivity index (χ0) is 8.27. The van der Waals surface area contributed by atoms with Gasteiger partial charge in [0.25, 0.3) is 0 Å². The van der Waals surface area contributed by atoms with Crippen LogP contribution in [0.15, 0.2) is 23.8 Å². The average molecular weight is 150 g/mol. The summed E-state index contributed by atoms with van der Waals surface area (Å²) in [4.78, 5) is 0. The van der Waals surface area contributed by atoms with Gasteiger partial charge in [0.2, 0.25) is 0 Å². The van der Waals surface area contributed by atoms with E-state index in [2.05, 4.69) is 39.0 Å². The third kappa shape index (κ3) is 1.95. The standard InChI is InChI=1S/C11H18/c1-4-10-7-5-6-8-11(10)9(2)3/h5-7,9,11H,4,8H2,1-3H3. The van der Waals surface area contributed by atoms with E-state index in [0.717, 1.165) is 11.8 Å². The monoisotopic (exact) mass is 150 g/mol. The molecule has 1 atom stereocenters. The van der Waals surface area contributed by atoms with Crippen LogP contribution in [0.3, 0.4) is 0 Å². The highest BCUT2D eigenvalue weighted by atomic mass is 14.2. The van der Waals surface area contributed by atoms with Crippen LogP contribution in [0, 0.1) is 11.8 Å².